The molecule has 9 heteroatoms. The van der Waals surface area contributed by atoms with Gasteiger partial charge in [0.2, 0.25) is 11.8 Å². The first-order valence-corrected chi connectivity index (χ1v) is 9.64. The van der Waals surface area contributed by atoms with E-state index < -0.39 is 11.8 Å². The van der Waals surface area contributed by atoms with Crippen molar-refractivity contribution in [3.05, 3.63) is 29.8 Å². The molecule has 0 bridgehead atoms. The van der Waals surface area contributed by atoms with Crippen LogP contribution in [0.25, 0.3) is 0 Å². The van der Waals surface area contributed by atoms with Crippen molar-refractivity contribution < 1.29 is 33.4 Å². The Morgan fingerprint density at radius 2 is 1.57 bits per heavy atom. The Morgan fingerprint density at radius 1 is 0.867 bits per heavy atom. The van der Waals surface area contributed by atoms with Crippen molar-refractivity contribution in [2.24, 2.45) is 0 Å². The highest BCUT2D eigenvalue weighted by Crippen LogP contribution is 2.11. The van der Waals surface area contributed by atoms with Crippen LogP contribution in [-0.2, 0) is 39.9 Å². The molecule has 1 rings (SSSR count). The average Bonchev–Trinajstić information content (AvgIpc) is 2.64. The molecular weight excluding hydrogens is 392 g/mol. The molecule has 0 saturated carbocycles. The Hall–Kier alpha value is -3.07. The highest BCUT2D eigenvalue weighted by atomic mass is 16.5. The lowest BCUT2D eigenvalue weighted by Gasteiger charge is -2.08. The van der Waals surface area contributed by atoms with Crippen molar-refractivity contribution in [2.45, 2.75) is 39.5 Å². The van der Waals surface area contributed by atoms with Crippen LogP contribution in [0.1, 0.15) is 38.7 Å². The molecule has 1 aromatic carbocycles. The lowest BCUT2D eigenvalue weighted by molar-refractivity contribution is -0.141. The summed E-state index contributed by atoms with van der Waals surface area (Å²) in [6, 6.07) is 6.64. The van der Waals surface area contributed by atoms with Crippen LogP contribution in [0.5, 0.6) is 0 Å². The Kier molecular flexibility index (Phi) is 11.7. The van der Waals surface area contributed by atoms with Crippen LogP contribution in [-0.4, -0.2) is 55.7 Å². The first kappa shape index (κ1) is 25.0. The van der Waals surface area contributed by atoms with Gasteiger partial charge in [-0.25, -0.2) is 0 Å². The van der Waals surface area contributed by atoms with E-state index >= 15 is 0 Å². The van der Waals surface area contributed by atoms with Crippen molar-refractivity contribution in [1.29, 1.82) is 0 Å². The van der Waals surface area contributed by atoms with E-state index in [0.717, 1.165) is 5.56 Å². The van der Waals surface area contributed by atoms with Crippen molar-refractivity contribution in [1.82, 2.24) is 5.32 Å². The van der Waals surface area contributed by atoms with Crippen LogP contribution in [0.2, 0.25) is 0 Å². The predicted molar refractivity (Wildman–Crippen MR) is 109 cm³/mol. The summed E-state index contributed by atoms with van der Waals surface area (Å²) in [5.74, 6) is -1.56. The number of rotatable bonds is 14. The fourth-order valence-electron chi connectivity index (χ4n) is 2.43. The molecule has 2 N–H and O–H groups in total. The zero-order valence-electron chi connectivity index (χ0n) is 17.3. The molecule has 0 fully saturated rings. The summed E-state index contributed by atoms with van der Waals surface area (Å²) in [5, 5.41) is 5.19. The van der Waals surface area contributed by atoms with Crippen LogP contribution in [0.3, 0.4) is 0 Å². The maximum absolute atomic E-state index is 11.9. The summed E-state index contributed by atoms with van der Waals surface area (Å²) in [7, 11) is 0. The molecule has 0 aromatic heterocycles. The molecular formula is C21H28N2O7. The molecule has 0 aliphatic heterocycles. The van der Waals surface area contributed by atoms with Gasteiger partial charge in [0.05, 0.1) is 19.6 Å². The van der Waals surface area contributed by atoms with Gasteiger partial charge in [0.15, 0.2) is 0 Å². The van der Waals surface area contributed by atoms with Crippen molar-refractivity contribution in [2.75, 3.05) is 31.7 Å². The zero-order chi connectivity index (χ0) is 22.4. The van der Waals surface area contributed by atoms with E-state index in [1.165, 1.54) is 13.8 Å². The van der Waals surface area contributed by atoms with Gasteiger partial charge in [-0.3, -0.25) is 24.0 Å². The molecule has 164 valence electrons. The normalized spacial score (nSPS) is 10.2. The predicted octanol–water partition coefficient (Wildman–Crippen LogP) is 1.19. The molecule has 0 saturated heterocycles. The van der Waals surface area contributed by atoms with E-state index in [1.807, 2.05) is 0 Å². The molecule has 0 unspecified atom stereocenters. The second kappa shape index (κ2) is 14.0. The number of benzene rings is 1. The number of nitrogens with one attached hydrogen (secondary N) is 2. The fourth-order valence-corrected chi connectivity index (χ4v) is 2.43. The molecule has 0 atom stereocenters. The molecule has 0 aliphatic carbocycles. The first-order chi connectivity index (χ1) is 14.3. The minimum atomic E-state index is -0.463. The number of ketones is 2. The van der Waals surface area contributed by atoms with Gasteiger partial charge in [0.1, 0.15) is 18.0 Å². The second-order valence-electron chi connectivity index (χ2n) is 6.67. The maximum Gasteiger partial charge on any atom is 0.302 e. The summed E-state index contributed by atoms with van der Waals surface area (Å²) >= 11 is 0. The van der Waals surface area contributed by atoms with Gasteiger partial charge in [0.25, 0.3) is 0 Å². The number of hydrogen-bond donors (Lipinski definition) is 2. The number of carbonyl (C=O) groups is 5. The van der Waals surface area contributed by atoms with Gasteiger partial charge in [-0.05, 0) is 24.6 Å². The molecule has 1 aromatic rings. The van der Waals surface area contributed by atoms with Gasteiger partial charge in [0, 0.05) is 38.6 Å². The van der Waals surface area contributed by atoms with E-state index in [1.54, 1.807) is 24.3 Å². The quantitative estimate of drug-likeness (QED) is 0.263. The highest BCUT2D eigenvalue weighted by molar-refractivity contribution is 6.03. The zero-order valence-corrected chi connectivity index (χ0v) is 17.3. The number of amides is 2. The smallest absolute Gasteiger partial charge is 0.302 e. The molecule has 0 heterocycles. The van der Waals surface area contributed by atoms with Crippen molar-refractivity contribution in [3.63, 3.8) is 0 Å². The van der Waals surface area contributed by atoms with E-state index in [4.69, 9.17) is 9.47 Å². The summed E-state index contributed by atoms with van der Waals surface area (Å²) in [6.07, 6.45) is 0.305. The van der Waals surface area contributed by atoms with Crippen molar-refractivity contribution >= 4 is 35.0 Å². The SMILES string of the molecule is CC(=O)CC(=O)Cc1ccc(NC(=O)CC(=O)NCCOCCCOC(C)=O)cc1. The molecule has 0 radical (unpaired) electrons. The van der Waals surface area contributed by atoms with E-state index in [9.17, 15) is 24.0 Å². The Morgan fingerprint density at radius 3 is 2.20 bits per heavy atom. The third-order valence-corrected chi connectivity index (χ3v) is 3.71. The minimum absolute atomic E-state index is 0.0904. The van der Waals surface area contributed by atoms with E-state index in [0.29, 0.717) is 18.7 Å². The lowest BCUT2D eigenvalue weighted by Crippen LogP contribution is -2.30. The van der Waals surface area contributed by atoms with Crippen molar-refractivity contribution in [3.8, 4) is 0 Å². The second-order valence-corrected chi connectivity index (χ2v) is 6.67. The summed E-state index contributed by atoms with van der Waals surface area (Å²) < 4.78 is 10.0. The number of anilines is 1. The van der Waals surface area contributed by atoms with E-state index in [2.05, 4.69) is 10.6 Å². The van der Waals surface area contributed by atoms with Crippen LogP contribution >= 0.6 is 0 Å². The first-order valence-electron chi connectivity index (χ1n) is 9.64. The summed E-state index contributed by atoms with van der Waals surface area (Å²) in [4.78, 5) is 56.9. The number of ether oxygens (including phenoxy) is 2. The maximum atomic E-state index is 11.9. The Bertz CT molecular complexity index is 744. The lowest BCUT2D eigenvalue weighted by atomic mass is 10.1. The van der Waals surface area contributed by atoms with Gasteiger partial charge in [-0.1, -0.05) is 12.1 Å². The molecule has 30 heavy (non-hydrogen) atoms. The monoisotopic (exact) mass is 420 g/mol. The number of carbonyl (C=O) groups excluding carboxylic acids is 5. The Balaban J connectivity index is 2.20. The molecule has 0 aliphatic rings. The third-order valence-electron chi connectivity index (χ3n) is 3.71. The van der Waals surface area contributed by atoms with Crippen LogP contribution in [0.15, 0.2) is 24.3 Å². The molecule has 2 amide bonds. The van der Waals surface area contributed by atoms with E-state index in [-0.39, 0.29) is 56.6 Å². The number of hydrogen-bond acceptors (Lipinski definition) is 7. The highest BCUT2D eigenvalue weighted by Gasteiger charge is 2.10. The standard InChI is InChI=1S/C21H28N2O7/c1-15(24)12-19(26)13-17-4-6-18(7-5-17)23-21(28)14-20(27)22-8-11-29-9-3-10-30-16(2)25/h4-7H,3,8-14H2,1-2H3,(H,22,27)(H,23,28). The van der Waals surface area contributed by atoms with Crippen LogP contribution in [0, 0.1) is 0 Å². The van der Waals surface area contributed by atoms with Gasteiger partial charge in [-0.2, -0.15) is 0 Å². The van der Waals surface area contributed by atoms with Crippen LogP contribution in [0.4, 0.5) is 5.69 Å². The van der Waals surface area contributed by atoms with Gasteiger partial charge < -0.3 is 20.1 Å². The largest absolute Gasteiger partial charge is 0.466 e. The fraction of sp³-hybridized carbons (Fsp3) is 0.476. The third kappa shape index (κ3) is 12.4. The summed E-state index contributed by atoms with van der Waals surface area (Å²) in [5.41, 5.74) is 1.25. The summed E-state index contributed by atoms with van der Waals surface area (Å²) in [6.45, 7) is 3.95. The molecule has 0 spiro atoms. The van der Waals surface area contributed by atoms with Gasteiger partial charge >= 0.3 is 5.97 Å². The molecule has 9 nitrogen and oxygen atoms in total. The topological polar surface area (TPSA) is 128 Å². The average molecular weight is 420 g/mol. The Labute approximate surface area is 175 Å². The minimum Gasteiger partial charge on any atom is -0.466 e. The number of Topliss-reactive ketones (excluding diaryl/α,β-unsaturated/α-hetero) is 2. The van der Waals surface area contributed by atoms with Crippen LogP contribution < -0.4 is 10.6 Å². The number of esters is 1. The van der Waals surface area contributed by atoms with Gasteiger partial charge in [-0.15, -0.1) is 0 Å².